The molecule has 0 aliphatic heterocycles. The van der Waals surface area contributed by atoms with E-state index in [0.29, 0.717) is 6.42 Å². The molecule has 2 amide bonds. The second kappa shape index (κ2) is 14.4. The van der Waals surface area contributed by atoms with Crippen LogP contribution in [-0.4, -0.2) is 50.0 Å². The lowest BCUT2D eigenvalue weighted by Gasteiger charge is -2.34. The predicted molar refractivity (Wildman–Crippen MR) is 162 cm³/mol. The van der Waals surface area contributed by atoms with Gasteiger partial charge in [0.25, 0.3) is 0 Å². The largest absolute Gasteiger partial charge is 0.352 e. The van der Waals surface area contributed by atoms with Gasteiger partial charge in [-0.1, -0.05) is 90.3 Å². The highest BCUT2D eigenvalue weighted by Crippen LogP contribution is 2.35. The zero-order chi connectivity index (χ0) is 30.3. The lowest BCUT2D eigenvalue weighted by Crippen LogP contribution is -2.54. The molecule has 41 heavy (non-hydrogen) atoms. The number of nitrogens with one attached hydrogen (secondary N) is 1. The van der Waals surface area contributed by atoms with E-state index in [2.05, 4.69) is 5.32 Å². The third-order valence-electron chi connectivity index (χ3n) is 6.51. The summed E-state index contributed by atoms with van der Waals surface area (Å²) in [6.07, 6.45) is 1.66. The summed E-state index contributed by atoms with van der Waals surface area (Å²) in [4.78, 5) is 28.9. The van der Waals surface area contributed by atoms with Crippen LogP contribution in [0.1, 0.15) is 31.4 Å². The summed E-state index contributed by atoms with van der Waals surface area (Å²) >= 11 is 18.5. The van der Waals surface area contributed by atoms with Crippen molar-refractivity contribution in [3.63, 3.8) is 0 Å². The highest BCUT2D eigenvalue weighted by molar-refractivity contribution is 7.92. The summed E-state index contributed by atoms with van der Waals surface area (Å²) in [5, 5.41) is 3.00. The maximum absolute atomic E-state index is 14.8. The molecule has 0 aliphatic rings. The number of rotatable bonds is 12. The van der Waals surface area contributed by atoms with Crippen molar-refractivity contribution in [3.8, 4) is 0 Å². The summed E-state index contributed by atoms with van der Waals surface area (Å²) in [7, 11) is -4.08. The molecule has 0 heterocycles. The van der Waals surface area contributed by atoms with Crippen molar-refractivity contribution in [1.29, 1.82) is 0 Å². The fourth-order valence-corrected chi connectivity index (χ4v) is 5.65. The van der Waals surface area contributed by atoms with Crippen molar-refractivity contribution >= 4 is 62.3 Å². The molecule has 0 spiro atoms. The van der Waals surface area contributed by atoms with Crippen molar-refractivity contribution < 1.29 is 22.4 Å². The molecular formula is C29H31Cl3FN3O4S. The first-order valence-electron chi connectivity index (χ1n) is 12.8. The van der Waals surface area contributed by atoms with Crippen LogP contribution in [0.5, 0.6) is 0 Å². The topological polar surface area (TPSA) is 86.8 Å². The number of amides is 2. The van der Waals surface area contributed by atoms with Crippen molar-refractivity contribution in [2.45, 2.75) is 45.3 Å². The third kappa shape index (κ3) is 8.82. The number of benzene rings is 3. The Balaban J connectivity index is 2.11. The van der Waals surface area contributed by atoms with Gasteiger partial charge in [0.1, 0.15) is 18.4 Å². The quantitative estimate of drug-likeness (QED) is 0.242. The maximum atomic E-state index is 14.8. The van der Waals surface area contributed by atoms with E-state index in [1.807, 2.05) is 32.0 Å². The number of halogens is 4. The maximum Gasteiger partial charge on any atom is 0.244 e. The van der Waals surface area contributed by atoms with E-state index >= 15 is 0 Å². The van der Waals surface area contributed by atoms with Gasteiger partial charge >= 0.3 is 0 Å². The average Bonchev–Trinajstić information content (AvgIpc) is 2.92. The van der Waals surface area contributed by atoms with Crippen LogP contribution in [0.4, 0.5) is 10.1 Å². The molecule has 0 aromatic heterocycles. The molecule has 0 saturated heterocycles. The first-order valence-corrected chi connectivity index (χ1v) is 15.8. The van der Waals surface area contributed by atoms with Gasteiger partial charge in [0.15, 0.2) is 0 Å². The zero-order valence-electron chi connectivity index (χ0n) is 22.8. The lowest BCUT2D eigenvalue weighted by atomic mass is 10.0. The van der Waals surface area contributed by atoms with Crippen molar-refractivity contribution in [1.82, 2.24) is 10.2 Å². The standard InChI is InChI=1S/C29H31Cl3FN3O4S/c1-4-19(2)34-29(38)27(14-20-10-6-5-7-11-20)35(17-21-12-8-9-13-25(21)33)28(37)18-36(41(3,39)40)26-16-23(31)22(30)15-24(26)32/h5-13,15-16,19,27H,4,14,17-18H2,1-3H3,(H,34,38)/t19-,27-/m0/s1. The minimum Gasteiger partial charge on any atom is -0.352 e. The molecule has 0 aliphatic carbocycles. The monoisotopic (exact) mass is 641 g/mol. The van der Waals surface area contributed by atoms with Gasteiger partial charge in [-0.05, 0) is 37.1 Å². The molecule has 0 radical (unpaired) electrons. The highest BCUT2D eigenvalue weighted by atomic mass is 35.5. The number of sulfonamides is 1. The van der Waals surface area contributed by atoms with Crippen molar-refractivity contribution in [3.05, 3.63) is 98.7 Å². The van der Waals surface area contributed by atoms with E-state index in [9.17, 15) is 22.4 Å². The smallest absolute Gasteiger partial charge is 0.244 e. The number of carbonyl (C=O) groups is 2. The second-order valence-electron chi connectivity index (χ2n) is 9.62. The Morgan fingerprint density at radius 3 is 2.17 bits per heavy atom. The van der Waals surface area contributed by atoms with Gasteiger partial charge in [0.05, 0.1) is 27.0 Å². The van der Waals surface area contributed by atoms with Crippen LogP contribution in [0.25, 0.3) is 0 Å². The van der Waals surface area contributed by atoms with Crippen LogP contribution in [-0.2, 0) is 32.6 Å². The van der Waals surface area contributed by atoms with Crippen molar-refractivity contribution in [2.75, 3.05) is 17.1 Å². The normalized spacial score (nSPS) is 12.9. The molecule has 1 N–H and O–H groups in total. The summed E-state index contributed by atoms with van der Waals surface area (Å²) in [5.41, 5.74) is 0.857. The molecule has 12 heteroatoms. The first kappa shape index (κ1) is 32.7. The molecule has 0 bridgehead atoms. The van der Waals surface area contributed by atoms with E-state index in [1.165, 1.54) is 35.2 Å². The first-order chi connectivity index (χ1) is 19.3. The number of hydrogen-bond donors (Lipinski definition) is 1. The van der Waals surface area contributed by atoms with Crippen LogP contribution in [0.3, 0.4) is 0 Å². The van der Waals surface area contributed by atoms with E-state index in [1.54, 1.807) is 18.2 Å². The Kier molecular flexibility index (Phi) is 11.4. The van der Waals surface area contributed by atoms with Gasteiger partial charge in [0, 0.05) is 24.6 Å². The van der Waals surface area contributed by atoms with Gasteiger partial charge in [-0.2, -0.15) is 0 Å². The summed E-state index contributed by atoms with van der Waals surface area (Å²) < 4.78 is 41.4. The molecule has 2 atom stereocenters. The molecule has 7 nitrogen and oxygen atoms in total. The number of nitrogens with zero attached hydrogens (tertiary/aromatic N) is 2. The molecular weight excluding hydrogens is 612 g/mol. The van der Waals surface area contributed by atoms with Crippen LogP contribution >= 0.6 is 34.8 Å². The Labute approximate surface area is 255 Å². The van der Waals surface area contributed by atoms with Gasteiger partial charge in [-0.25, -0.2) is 12.8 Å². The molecule has 3 aromatic carbocycles. The van der Waals surface area contributed by atoms with E-state index < -0.39 is 40.2 Å². The molecule has 0 saturated carbocycles. The predicted octanol–water partition coefficient (Wildman–Crippen LogP) is 6.11. The van der Waals surface area contributed by atoms with E-state index in [4.69, 9.17) is 34.8 Å². The molecule has 3 aromatic rings. The van der Waals surface area contributed by atoms with Gasteiger partial charge < -0.3 is 10.2 Å². The zero-order valence-corrected chi connectivity index (χ0v) is 25.9. The Morgan fingerprint density at radius 2 is 1.56 bits per heavy atom. The number of anilines is 1. The van der Waals surface area contributed by atoms with Crippen LogP contribution in [0.2, 0.25) is 15.1 Å². The van der Waals surface area contributed by atoms with E-state index in [0.717, 1.165) is 16.1 Å². The summed E-state index contributed by atoms with van der Waals surface area (Å²) in [6.45, 7) is 2.72. The van der Waals surface area contributed by atoms with Crippen molar-refractivity contribution in [2.24, 2.45) is 0 Å². The number of hydrogen-bond acceptors (Lipinski definition) is 4. The summed E-state index contributed by atoms with van der Waals surface area (Å²) in [6, 6.07) is 16.2. The van der Waals surface area contributed by atoms with Crippen LogP contribution in [0, 0.1) is 5.82 Å². The molecule has 0 fully saturated rings. The Hall–Kier alpha value is -2.85. The van der Waals surface area contributed by atoms with Gasteiger partial charge in [0.2, 0.25) is 21.8 Å². The van der Waals surface area contributed by atoms with Gasteiger partial charge in [-0.15, -0.1) is 0 Å². The lowest BCUT2D eigenvalue weighted by molar-refractivity contribution is -0.140. The van der Waals surface area contributed by atoms with Crippen LogP contribution < -0.4 is 9.62 Å². The average molecular weight is 643 g/mol. The Morgan fingerprint density at radius 1 is 0.951 bits per heavy atom. The van der Waals surface area contributed by atoms with Crippen LogP contribution in [0.15, 0.2) is 66.7 Å². The fourth-order valence-electron chi connectivity index (χ4n) is 4.10. The fraction of sp³-hybridized carbons (Fsp3) is 0.310. The number of carbonyl (C=O) groups excluding carboxylic acids is 2. The highest BCUT2D eigenvalue weighted by Gasteiger charge is 2.34. The van der Waals surface area contributed by atoms with Gasteiger partial charge in [-0.3, -0.25) is 13.9 Å². The second-order valence-corrected chi connectivity index (χ2v) is 12.8. The Bertz CT molecular complexity index is 1490. The van der Waals surface area contributed by atoms with E-state index in [-0.39, 0.29) is 45.3 Å². The molecule has 3 rings (SSSR count). The minimum atomic E-state index is -4.08. The minimum absolute atomic E-state index is 0.0327. The SMILES string of the molecule is CC[C@H](C)NC(=O)[C@H](Cc1ccccc1)N(Cc1ccccc1F)C(=O)CN(c1cc(Cl)c(Cl)cc1Cl)S(C)(=O)=O. The molecule has 220 valence electrons. The third-order valence-corrected chi connectivity index (χ3v) is 8.66. The summed E-state index contributed by atoms with van der Waals surface area (Å²) in [5.74, 6) is -1.77. The molecule has 0 unspecified atom stereocenters.